The van der Waals surface area contributed by atoms with Gasteiger partial charge in [0, 0.05) is 5.92 Å². The molecule has 0 aliphatic rings. The fraction of sp³-hybridized carbons (Fsp3) is 0.333. The molecule has 0 aromatic heterocycles. The summed E-state index contributed by atoms with van der Waals surface area (Å²) in [4.78, 5) is 0. The molecule has 2 rings (SSSR count). The van der Waals surface area contributed by atoms with Crippen molar-refractivity contribution in [1.29, 1.82) is 0 Å². The van der Waals surface area contributed by atoms with E-state index >= 15 is 0 Å². The van der Waals surface area contributed by atoms with Crippen molar-refractivity contribution >= 4 is 0 Å². The summed E-state index contributed by atoms with van der Waals surface area (Å²) in [6.07, 6.45) is 0.889. The summed E-state index contributed by atoms with van der Waals surface area (Å²) in [5.41, 5.74) is 9.72. The van der Waals surface area contributed by atoms with Gasteiger partial charge in [-0.15, -0.1) is 0 Å². The van der Waals surface area contributed by atoms with E-state index < -0.39 is 0 Å². The second-order valence-electron chi connectivity index (χ2n) is 5.24. The maximum Gasteiger partial charge on any atom is 0.160 e. The molecule has 21 heavy (non-hydrogen) atoms. The maximum absolute atomic E-state index is 5.97. The zero-order valence-corrected chi connectivity index (χ0v) is 12.9. The fourth-order valence-electron chi connectivity index (χ4n) is 2.55. The fourth-order valence-corrected chi connectivity index (χ4v) is 2.55. The highest BCUT2D eigenvalue weighted by atomic mass is 16.5. The molecule has 0 fully saturated rings. The SMILES string of the molecule is COc1ccc(CC(CN)c2cccc(C)c2)cc1OC. The number of hydrogen-bond donors (Lipinski definition) is 1. The molecule has 2 aromatic rings. The van der Waals surface area contributed by atoms with E-state index in [0.29, 0.717) is 12.5 Å². The molecule has 0 amide bonds. The largest absolute Gasteiger partial charge is 0.493 e. The topological polar surface area (TPSA) is 44.5 Å². The third kappa shape index (κ3) is 3.76. The number of methoxy groups -OCH3 is 2. The van der Waals surface area contributed by atoms with Crippen molar-refractivity contribution < 1.29 is 9.47 Å². The molecule has 3 nitrogen and oxygen atoms in total. The number of hydrogen-bond acceptors (Lipinski definition) is 3. The molecular weight excluding hydrogens is 262 g/mol. The van der Waals surface area contributed by atoms with Gasteiger partial charge in [0.1, 0.15) is 0 Å². The number of ether oxygens (including phenoxy) is 2. The molecule has 0 bridgehead atoms. The van der Waals surface area contributed by atoms with E-state index in [2.05, 4.69) is 37.3 Å². The summed E-state index contributed by atoms with van der Waals surface area (Å²) in [5.74, 6) is 1.82. The number of benzene rings is 2. The average molecular weight is 285 g/mol. The van der Waals surface area contributed by atoms with Gasteiger partial charge in [-0.3, -0.25) is 0 Å². The lowest BCUT2D eigenvalue weighted by molar-refractivity contribution is 0.354. The van der Waals surface area contributed by atoms with E-state index in [9.17, 15) is 0 Å². The summed E-state index contributed by atoms with van der Waals surface area (Å²) < 4.78 is 10.6. The van der Waals surface area contributed by atoms with Crippen LogP contribution >= 0.6 is 0 Å². The molecule has 112 valence electrons. The van der Waals surface area contributed by atoms with Crippen LogP contribution in [0, 0.1) is 6.92 Å². The van der Waals surface area contributed by atoms with Gasteiger partial charge in [-0.05, 0) is 43.1 Å². The molecule has 0 spiro atoms. The van der Waals surface area contributed by atoms with Crippen molar-refractivity contribution in [3.05, 3.63) is 59.2 Å². The van der Waals surface area contributed by atoms with E-state index in [4.69, 9.17) is 15.2 Å². The molecule has 2 N–H and O–H groups in total. The predicted molar refractivity (Wildman–Crippen MR) is 86.2 cm³/mol. The maximum atomic E-state index is 5.97. The standard InChI is InChI=1S/C18H23NO2/c1-13-5-4-6-15(9-13)16(12-19)10-14-7-8-17(20-2)18(11-14)21-3/h4-9,11,16H,10,12,19H2,1-3H3. The molecule has 0 aliphatic carbocycles. The first-order chi connectivity index (χ1) is 10.2. The lowest BCUT2D eigenvalue weighted by Gasteiger charge is -2.17. The first-order valence-corrected chi connectivity index (χ1v) is 7.15. The van der Waals surface area contributed by atoms with Crippen molar-refractivity contribution in [1.82, 2.24) is 0 Å². The molecule has 0 heterocycles. The van der Waals surface area contributed by atoms with Gasteiger partial charge in [-0.1, -0.05) is 35.9 Å². The van der Waals surface area contributed by atoms with Crippen LogP contribution in [0.1, 0.15) is 22.6 Å². The van der Waals surface area contributed by atoms with Crippen LogP contribution in [0.5, 0.6) is 11.5 Å². The smallest absolute Gasteiger partial charge is 0.160 e. The van der Waals surface area contributed by atoms with E-state index in [0.717, 1.165) is 17.9 Å². The van der Waals surface area contributed by atoms with Crippen molar-refractivity contribution in [3.63, 3.8) is 0 Å². The van der Waals surface area contributed by atoms with Gasteiger partial charge < -0.3 is 15.2 Å². The zero-order valence-electron chi connectivity index (χ0n) is 12.9. The van der Waals surface area contributed by atoms with Crippen LogP contribution < -0.4 is 15.2 Å². The first-order valence-electron chi connectivity index (χ1n) is 7.15. The monoisotopic (exact) mass is 285 g/mol. The molecular formula is C18H23NO2. The lowest BCUT2D eigenvalue weighted by Crippen LogP contribution is -2.15. The number of aryl methyl sites for hydroxylation is 1. The molecule has 0 saturated heterocycles. The Labute approximate surface area is 126 Å². The Morgan fingerprint density at radius 2 is 1.76 bits per heavy atom. The van der Waals surface area contributed by atoms with Gasteiger partial charge in [0.15, 0.2) is 11.5 Å². The highest BCUT2D eigenvalue weighted by Gasteiger charge is 2.13. The van der Waals surface area contributed by atoms with Gasteiger partial charge >= 0.3 is 0 Å². The first kappa shape index (κ1) is 15.4. The second kappa shape index (κ2) is 7.14. The highest BCUT2D eigenvalue weighted by molar-refractivity contribution is 5.43. The summed E-state index contributed by atoms with van der Waals surface area (Å²) >= 11 is 0. The Bertz CT molecular complexity index is 596. The normalized spacial score (nSPS) is 12.0. The van der Waals surface area contributed by atoms with E-state index in [1.54, 1.807) is 14.2 Å². The summed E-state index contributed by atoms with van der Waals surface area (Å²) in [5, 5.41) is 0. The Balaban J connectivity index is 2.22. The molecule has 3 heteroatoms. The molecule has 2 aromatic carbocycles. The van der Waals surface area contributed by atoms with Crippen molar-refractivity contribution in [2.75, 3.05) is 20.8 Å². The van der Waals surface area contributed by atoms with Crippen molar-refractivity contribution in [2.45, 2.75) is 19.3 Å². The number of nitrogens with two attached hydrogens (primary N) is 1. The van der Waals surface area contributed by atoms with Crippen molar-refractivity contribution in [2.24, 2.45) is 5.73 Å². The quantitative estimate of drug-likeness (QED) is 0.885. The Morgan fingerprint density at radius 3 is 2.38 bits per heavy atom. The van der Waals surface area contributed by atoms with E-state index in [-0.39, 0.29) is 0 Å². The highest BCUT2D eigenvalue weighted by Crippen LogP contribution is 2.30. The van der Waals surface area contributed by atoms with E-state index in [1.165, 1.54) is 16.7 Å². The number of rotatable bonds is 6. The van der Waals surface area contributed by atoms with Crippen LogP contribution in [-0.4, -0.2) is 20.8 Å². The average Bonchev–Trinajstić information content (AvgIpc) is 2.52. The van der Waals surface area contributed by atoms with Gasteiger partial charge in [0.2, 0.25) is 0 Å². The van der Waals surface area contributed by atoms with Crippen LogP contribution in [0.3, 0.4) is 0 Å². The lowest BCUT2D eigenvalue weighted by atomic mass is 9.91. The summed E-state index contributed by atoms with van der Waals surface area (Å²) in [6.45, 7) is 2.73. The minimum Gasteiger partial charge on any atom is -0.493 e. The van der Waals surface area contributed by atoms with Crippen LogP contribution in [-0.2, 0) is 6.42 Å². The van der Waals surface area contributed by atoms with Gasteiger partial charge in [0.05, 0.1) is 14.2 Å². The summed E-state index contributed by atoms with van der Waals surface area (Å²) in [7, 11) is 3.30. The molecule has 0 radical (unpaired) electrons. The Hall–Kier alpha value is -2.00. The molecule has 1 unspecified atom stereocenters. The molecule has 0 saturated carbocycles. The van der Waals surface area contributed by atoms with E-state index in [1.807, 2.05) is 12.1 Å². The van der Waals surface area contributed by atoms with Crippen LogP contribution in [0.2, 0.25) is 0 Å². The Morgan fingerprint density at radius 1 is 1.00 bits per heavy atom. The molecule has 1 atom stereocenters. The van der Waals surface area contributed by atoms with Gasteiger partial charge in [-0.2, -0.15) is 0 Å². The minimum absolute atomic E-state index is 0.308. The third-order valence-electron chi connectivity index (χ3n) is 3.73. The summed E-state index contributed by atoms with van der Waals surface area (Å²) in [6, 6.07) is 14.6. The van der Waals surface area contributed by atoms with Crippen LogP contribution in [0.25, 0.3) is 0 Å². The zero-order chi connectivity index (χ0) is 15.2. The van der Waals surface area contributed by atoms with Crippen LogP contribution in [0.15, 0.2) is 42.5 Å². The van der Waals surface area contributed by atoms with Crippen LogP contribution in [0.4, 0.5) is 0 Å². The van der Waals surface area contributed by atoms with Gasteiger partial charge in [0.25, 0.3) is 0 Å². The predicted octanol–water partition coefficient (Wildman–Crippen LogP) is 3.30. The Kier molecular flexibility index (Phi) is 5.23. The second-order valence-corrected chi connectivity index (χ2v) is 5.24. The third-order valence-corrected chi connectivity index (χ3v) is 3.73. The minimum atomic E-state index is 0.308. The molecule has 0 aliphatic heterocycles. The van der Waals surface area contributed by atoms with Crippen molar-refractivity contribution in [3.8, 4) is 11.5 Å². The van der Waals surface area contributed by atoms with Gasteiger partial charge in [-0.25, -0.2) is 0 Å².